The molecule has 0 N–H and O–H groups in total. The Bertz CT molecular complexity index is 728. The fourth-order valence-electron chi connectivity index (χ4n) is 2.34. The van der Waals surface area contributed by atoms with Crippen LogP contribution in [-0.2, 0) is 0 Å². The molecule has 3 aromatic rings. The van der Waals surface area contributed by atoms with Gasteiger partial charge in [-0.25, -0.2) is 9.37 Å². The van der Waals surface area contributed by atoms with Crippen LogP contribution in [0.15, 0.2) is 42.5 Å². The van der Waals surface area contributed by atoms with E-state index in [1.54, 1.807) is 6.07 Å². The number of imidazole rings is 1. The molecule has 0 unspecified atom stereocenters. The van der Waals surface area contributed by atoms with Crippen LogP contribution in [0.25, 0.3) is 16.9 Å². The van der Waals surface area contributed by atoms with Crippen LogP contribution in [0.2, 0.25) is 0 Å². The number of aryl methyl sites for hydroxylation is 2. The molecule has 0 aliphatic heterocycles. The van der Waals surface area contributed by atoms with Crippen molar-refractivity contribution >= 4 is 5.65 Å². The Hall–Kier alpha value is -2.16. The highest BCUT2D eigenvalue weighted by atomic mass is 19.1. The predicted molar refractivity (Wildman–Crippen MR) is 70.1 cm³/mol. The van der Waals surface area contributed by atoms with Gasteiger partial charge in [0, 0.05) is 17.0 Å². The zero-order valence-electron chi connectivity index (χ0n) is 10.3. The van der Waals surface area contributed by atoms with E-state index in [0.717, 1.165) is 28.3 Å². The maximum Gasteiger partial charge on any atom is 0.137 e. The number of pyridine rings is 1. The summed E-state index contributed by atoms with van der Waals surface area (Å²) in [6.07, 6.45) is 0. The van der Waals surface area contributed by atoms with E-state index in [1.165, 1.54) is 12.1 Å². The van der Waals surface area contributed by atoms with Crippen LogP contribution in [0.4, 0.5) is 4.39 Å². The maximum atomic E-state index is 13.3. The van der Waals surface area contributed by atoms with Gasteiger partial charge in [0.15, 0.2) is 0 Å². The summed E-state index contributed by atoms with van der Waals surface area (Å²) < 4.78 is 15.4. The van der Waals surface area contributed by atoms with Crippen molar-refractivity contribution in [2.45, 2.75) is 13.8 Å². The van der Waals surface area contributed by atoms with Crippen molar-refractivity contribution in [2.75, 3.05) is 0 Å². The second-order valence-electron chi connectivity index (χ2n) is 4.42. The van der Waals surface area contributed by atoms with E-state index in [-0.39, 0.29) is 5.82 Å². The summed E-state index contributed by atoms with van der Waals surface area (Å²) in [5.41, 5.74) is 4.71. The summed E-state index contributed by atoms with van der Waals surface area (Å²) in [6, 6.07) is 12.5. The molecule has 2 nitrogen and oxygen atoms in total. The molecule has 0 bridgehead atoms. The molecular formula is C15H13FN2. The number of nitrogens with zero attached hydrogens (tertiary/aromatic N) is 2. The number of halogens is 1. The number of aromatic nitrogens is 2. The molecule has 0 fully saturated rings. The van der Waals surface area contributed by atoms with Crippen LogP contribution in [-0.4, -0.2) is 9.38 Å². The van der Waals surface area contributed by atoms with Gasteiger partial charge in [0.05, 0.1) is 5.69 Å². The van der Waals surface area contributed by atoms with E-state index in [1.807, 2.05) is 38.1 Å². The average Bonchev–Trinajstić information content (AvgIpc) is 2.68. The quantitative estimate of drug-likeness (QED) is 0.633. The van der Waals surface area contributed by atoms with Gasteiger partial charge in [-0.05, 0) is 38.1 Å². The van der Waals surface area contributed by atoms with Crippen LogP contribution >= 0.6 is 0 Å². The zero-order chi connectivity index (χ0) is 12.7. The van der Waals surface area contributed by atoms with Crippen molar-refractivity contribution in [2.24, 2.45) is 0 Å². The lowest BCUT2D eigenvalue weighted by Crippen LogP contribution is -1.92. The van der Waals surface area contributed by atoms with E-state index in [0.29, 0.717) is 0 Å². The van der Waals surface area contributed by atoms with E-state index in [9.17, 15) is 4.39 Å². The summed E-state index contributed by atoms with van der Waals surface area (Å²) in [5.74, 6) is -0.235. The molecule has 0 saturated carbocycles. The monoisotopic (exact) mass is 240 g/mol. The van der Waals surface area contributed by atoms with Crippen LogP contribution in [0.3, 0.4) is 0 Å². The Labute approximate surface area is 105 Å². The Morgan fingerprint density at radius 3 is 2.56 bits per heavy atom. The largest absolute Gasteiger partial charge is 0.301 e. The Balaban J connectivity index is 2.31. The lowest BCUT2D eigenvalue weighted by Gasteiger charge is -2.02. The number of benzene rings is 1. The molecule has 0 spiro atoms. The van der Waals surface area contributed by atoms with Crippen LogP contribution in [0.1, 0.15) is 11.4 Å². The van der Waals surface area contributed by atoms with Gasteiger partial charge in [-0.15, -0.1) is 0 Å². The molecule has 90 valence electrons. The molecule has 1 aromatic carbocycles. The van der Waals surface area contributed by atoms with E-state index in [2.05, 4.69) is 9.38 Å². The van der Waals surface area contributed by atoms with Crippen LogP contribution < -0.4 is 0 Å². The van der Waals surface area contributed by atoms with E-state index >= 15 is 0 Å². The first kappa shape index (κ1) is 11.0. The van der Waals surface area contributed by atoms with Crippen molar-refractivity contribution in [3.63, 3.8) is 0 Å². The van der Waals surface area contributed by atoms with Crippen molar-refractivity contribution < 1.29 is 4.39 Å². The van der Waals surface area contributed by atoms with Crippen LogP contribution in [0, 0.1) is 19.7 Å². The van der Waals surface area contributed by atoms with Gasteiger partial charge in [0.2, 0.25) is 0 Å². The molecule has 0 amide bonds. The lowest BCUT2D eigenvalue weighted by atomic mass is 10.1. The average molecular weight is 240 g/mol. The molecular weight excluding hydrogens is 227 g/mol. The predicted octanol–water partition coefficient (Wildman–Crippen LogP) is 3.76. The first-order chi connectivity index (χ1) is 8.66. The number of fused-ring (bicyclic) bond motifs is 1. The Kier molecular flexibility index (Phi) is 2.40. The summed E-state index contributed by atoms with van der Waals surface area (Å²) >= 11 is 0. The second kappa shape index (κ2) is 3.95. The summed E-state index contributed by atoms with van der Waals surface area (Å²) in [6.45, 7) is 4.05. The molecule has 0 radical (unpaired) electrons. The van der Waals surface area contributed by atoms with Crippen molar-refractivity contribution in [1.29, 1.82) is 0 Å². The number of hydrogen-bond donors (Lipinski definition) is 0. The lowest BCUT2D eigenvalue weighted by molar-refractivity contribution is 0.628. The molecule has 0 atom stereocenters. The minimum Gasteiger partial charge on any atom is -0.301 e. The zero-order valence-corrected chi connectivity index (χ0v) is 10.3. The molecule has 0 aliphatic carbocycles. The Morgan fingerprint density at radius 2 is 1.83 bits per heavy atom. The number of hydrogen-bond acceptors (Lipinski definition) is 1. The topological polar surface area (TPSA) is 17.3 Å². The molecule has 0 saturated heterocycles. The van der Waals surface area contributed by atoms with Crippen LogP contribution in [0.5, 0.6) is 0 Å². The van der Waals surface area contributed by atoms with Gasteiger partial charge in [0.1, 0.15) is 11.5 Å². The van der Waals surface area contributed by atoms with Gasteiger partial charge in [0.25, 0.3) is 0 Å². The van der Waals surface area contributed by atoms with Gasteiger partial charge in [-0.1, -0.05) is 18.2 Å². The molecule has 2 aromatic heterocycles. The standard InChI is InChI=1S/C15H13FN2/c1-10-5-3-8-14-17-15(11(2)18(10)14)12-6-4-7-13(16)9-12/h3-9H,1-2H3. The van der Waals surface area contributed by atoms with Gasteiger partial charge >= 0.3 is 0 Å². The summed E-state index contributed by atoms with van der Waals surface area (Å²) in [5, 5.41) is 0. The molecule has 18 heavy (non-hydrogen) atoms. The summed E-state index contributed by atoms with van der Waals surface area (Å²) in [7, 11) is 0. The summed E-state index contributed by atoms with van der Waals surface area (Å²) in [4.78, 5) is 4.58. The molecule has 3 heteroatoms. The first-order valence-electron chi connectivity index (χ1n) is 5.87. The third-order valence-corrected chi connectivity index (χ3v) is 3.17. The van der Waals surface area contributed by atoms with E-state index in [4.69, 9.17) is 0 Å². The third kappa shape index (κ3) is 1.59. The smallest absolute Gasteiger partial charge is 0.137 e. The first-order valence-corrected chi connectivity index (χ1v) is 5.87. The maximum absolute atomic E-state index is 13.3. The van der Waals surface area contributed by atoms with Gasteiger partial charge in [-0.2, -0.15) is 0 Å². The molecule has 0 aliphatic rings. The SMILES string of the molecule is Cc1cccc2nc(-c3cccc(F)c3)c(C)n12. The highest BCUT2D eigenvalue weighted by Gasteiger charge is 2.11. The second-order valence-corrected chi connectivity index (χ2v) is 4.42. The van der Waals surface area contributed by atoms with Crippen molar-refractivity contribution in [1.82, 2.24) is 9.38 Å². The molecule has 3 rings (SSSR count). The number of rotatable bonds is 1. The van der Waals surface area contributed by atoms with E-state index < -0.39 is 0 Å². The van der Waals surface area contributed by atoms with Crippen molar-refractivity contribution in [3.8, 4) is 11.3 Å². The van der Waals surface area contributed by atoms with Crippen molar-refractivity contribution in [3.05, 3.63) is 59.7 Å². The fraction of sp³-hybridized carbons (Fsp3) is 0.133. The third-order valence-electron chi connectivity index (χ3n) is 3.17. The van der Waals surface area contributed by atoms with Gasteiger partial charge < -0.3 is 4.40 Å². The minimum atomic E-state index is -0.235. The normalized spacial score (nSPS) is 11.1. The highest BCUT2D eigenvalue weighted by Crippen LogP contribution is 2.25. The molecule has 2 heterocycles. The highest BCUT2D eigenvalue weighted by molar-refractivity contribution is 5.66. The Morgan fingerprint density at radius 1 is 1.06 bits per heavy atom. The fourth-order valence-corrected chi connectivity index (χ4v) is 2.34. The van der Waals surface area contributed by atoms with Gasteiger partial charge in [-0.3, -0.25) is 0 Å². The minimum absolute atomic E-state index is 0.235.